The number of carbonyl (C=O) groups excluding carboxylic acids is 1. The standard InChI is InChI=1S/C25H28N2O3/c1-18-9-12-21(13-10-18)30-16-15-26-24(20-7-5-4-6-8-20)25(28)27-22-17-19(2)11-14-23(22)29-3/h4-14,17,24,26H,15-16H2,1-3H3,(H,27,28)/p+1/t24-/m1/s1. The average molecular weight is 406 g/mol. The van der Waals surface area contributed by atoms with E-state index in [0.29, 0.717) is 24.6 Å². The van der Waals surface area contributed by atoms with E-state index in [9.17, 15) is 4.79 Å². The molecule has 0 aliphatic carbocycles. The summed E-state index contributed by atoms with van der Waals surface area (Å²) in [6.07, 6.45) is 0. The minimum Gasteiger partial charge on any atom is -0.495 e. The van der Waals surface area contributed by atoms with E-state index in [1.54, 1.807) is 7.11 Å². The van der Waals surface area contributed by atoms with Gasteiger partial charge in [0.15, 0.2) is 6.04 Å². The number of anilines is 1. The Hall–Kier alpha value is -3.31. The molecule has 0 spiro atoms. The number of rotatable bonds is 9. The highest BCUT2D eigenvalue weighted by atomic mass is 16.5. The van der Waals surface area contributed by atoms with Crippen LogP contribution in [0.5, 0.6) is 11.5 Å². The van der Waals surface area contributed by atoms with Crippen molar-refractivity contribution in [3.05, 3.63) is 89.5 Å². The molecule has 0 aromatic heterocycles. The van der Waals surface area contributed by atoms with E-state index in [2.05, 4.69) is 5.32 Å². The molecule has 0 heterocycles. The minimum absolute atomic E-state index is 0.0968. The Bertz CT molecular complexity index is 956. The van der Waals surface area contributed by atoms with E-state index in [1.807, 2.05) is 92.0 Å². The Kier molecular flexibility index (Phi) is 7.46. The lowest BCUT2D eigenvalue weighted by molar-refractivity contribution is -0.682. The maximum Gasteiger partial charge on any atom is 0.287 e. The molecule has 0 aliphatic rings. The number of aryl methyl sites for hydroxylation is 2. The smallest absolute Gasteiger partial charge is 0.287 e. The molecular formula is C25H29N2O3+. The largest absolute Gasteiger partial charge is 0.495 e. The second-order valence-electron chi connectivity index (χ2n) is 7.27. The number of amides is 1. The minimum atomic E-state index is -0.391. The number of benzene rings is 3. The molecular weight excluding hydrogens is 376 g/mol. The lowest BCUT2D eigenvalue weighted by Crippen LogP contribution is -2.88. The maximum atomic E-state index is 13.2. The topological polar surface area (TPSA) is 64.2 Å². The van der Waals surface area contributed by atoms with Gasteiger partial charge in [-0.3, -0.25) is 4.79 Å². The quantitative estimate of drug-likeness (QED) is 0.534. The maximum absolute atomic E-state index is 13.2. The summed E-state index contributed by atoms with van der Waals surface area (Å²) in [6.45, 7) is 5.18. The Morgan fingerprint density at radius 2 is 1.67 bits per heavy atom. The first-order chi connectivity index (χ1) is 14.6. The normalized spacial score (nSPS) is 11.6. The summed E-state index contributed by atoms with van der Waals surface area (Å²) in [6, 6.07) is 23.1. The van der Waals surface area contributed by atoms with Gasteiger partial charge in [-0.2, -0.15) is 0 Å². The number of quaternary nitrogens is 1. The van der Waals surface area contributed by atoms with E-state index in [4.69, 9.17) is 9.47 Å². The molecule has 156 valence electrons. The van der Waals surface area contributed by atoms with Gasteiger partial charge in [0.1, 0.15) is 24.7 Å². The predicted octanol–water partition coefficient (Wildman–Crippen LogP) is 3.63. The summed E-state index contributed by atoms with van der Waals surface area (Å²) in [5.41, 5.74) is 3.86. The van der Waals surface area contributed by atoms with Gasteiger partial charge < -0.3 is 20.1 Å². The number of nitrogens with one attached hydrogen (secondary N) is 1. The third-order valence-electron chi connectivity index (χ3n) is 4.86. The number of ether oxygens (including phenoxy) is 2. The molecule has 3 aromatic rings. The third-order valence-corrected chi connectivity index (χ3v) is 4.86. The molecule has 0 saturated carbocycles. The zero-order valence-corrected chi connectivity index (χ0v) is 17.7. The molecule has 5 heteroatoms. The zero-order valence-electron chi connectivity index (χ0n) is 17.7. The fourth-order valence-electron chi connectivity index (χ4n) is 3.23. The van der Waals surface area contributed by atoms with Crippen LogP contribution in [-0.4, -0.2) is 26.2 Å². The second-order valence-corrected chi connectivity index (χ2v) is 7.27. The highest BCUT2D eigenvalue weighted by Crippen LogP contribution is 2.26. The van der Waals surface area contributed by atoms with Crippen molar-refractivity contribution in [3.8, 4) is 11.5 Å². The lowest BCUT2D eigenvalue weighted by Gasteiger charge is -2.18. The van der Waals surface area contributed by atoms with Gasteiger partial charge in [-0.25, -0.2) is 0 Å². The number of nitrogens with two attached hydrogens (primary N) is 1. The van der Waals surface area contributed by atoms with E-state index in [1.165, 1.54) is 5.56 Å². The van der Waals surface area contributed by atoms with Crippen LogP contribution in [0, 0.1) is 13.8 Å². The fourth-order valence-corrected chi connectivity index (χ4v) is 3.23. The van der Waals surface area contributed by atoms with E-state index >= 15 is 0 Å². The van der Waals surface area contributed by atoms with Crippen LogP contribution in [-0.2, 0) is 4.79 Å². The van der Waals surface area contributed by atoms with Crippen molar-refractivity contribution in [3.63, 3.8) is 0 Å². The molecule has 30 heavy (non-hydrogen) atoms. The molecule has 3 N–H and O–H groups in total. The number of hydrogen-bond acceptors (Lipinski definition) is 3. The van der Waals surface area contributed by atoms with Crippen LogP contribution in [0.2, 0.25) is 0 Å². The van der Waals surface area contributed by atoms with Crippen LogP contribution < -0.4 is 20.1 Å². The van der Waals surface area contributed by atoms with Gasteiger partial charge in [0.25, 0.3) is 5.91 Å². The van der Waals surface area contributed by atoms with Crippen LogP contribution in [0.1, 0.15) is 22.7 Å². The molecule has 0 aliphatic heterocycles. The second kappa shape index (κ2) is 10.5. The highest BCUT2D eigenvalue weighted by molar-refractivity contribution is 5.95. The van der Waals surface area contributed by atoms with Crippen LogP contribution in [0.4, 0.5) is 5.69 Å². The summed E-state index contributed by atoms with van der Waals surface area (Å²) in [5.74, 6) is 1.38. The number of methoxy groups -OCH3 is 1. The summed E-state index contributed by atoms with van der Waals surface area (Å²) in [4.78, 5) is 13.2. The molecule has 0 bridgehead atoms. The van der Waals surface area contributed by atoms with Gasteiger partial charge in [-0.1, -0.05) is 54.1 Å². The van der Waals surface area contributed by atoms with Crippen LogP contribution >= 0.6 is 0 Å². The van der Waals surface area contributed by atoms with Crippen LogP contribution in [0.15, 0.2) is 72.8 Å². The first kappa shape index (κ1) is 21.4. The first-order valence-corrected chi connectivity index (χ1v) is 10.1. The summed E-state index contributed by atoms with van der Waals surface area (Å²) < 4.78 is 11.2. The monoisotopic (exact) mass is 405 g/mol. The fraction of sp³-hybridized carbons (Fsp3) is 0.240. The molecule has 0 saturated heterocycles. The van der Waals surface area contributed by atoms with E-state index in [-0.39, 0.29) is 5.91 Å². The van der Waals surface area contributed by atoms with Crippen molar-refractivity contribution in [2.45, 2.75) is 19.9 Å². The van der Waals surface area contributed by atoms with Gasteiger partial charge in [0.2, 0.25) is 0 Å². The zero-order chi connectivity index (χ0) is 21.3. The molecule has 0 radical (unpaired) electrons. The first-order valence-electron chi connectivity index (χ1n) is 10.1. The molecule has 3 aromatic carbocycles. The average Bonchev–Trinajstić information content (AvgIpc) is 2.75. The van der Waals surface area contributed by atoms with Gasteiger partial charge in [0.05, 0.1) is 12.8 Å². The summed E-state index contributed by atoms with van der Waals surface area (Å²) in [7, 11) is 1.60. The van der Waals surface area contributed by atoms with E-state index < -0.39 is 6.04 Å². The van der Waals surface area contributed by atoms with Crippen molar-refractivity contribution in [2.75, 3.05) is 25.6 Å². The lowest BCUT2D eigenvalue weighted by atomic mass is 10.1. The Balaban J connectivity index is 1.67. The van der Waals surface area contributed by atoms with Crippen LogP contribution in [0.25, 0.3) is 0 Å². The van der Waals surface area contributed by atoms with Crippen molar-refractivity contribution in [1.82, 2.24) is 0 Å². The van der Waals surface area contributed by atoms with Crippen molar-refractivity contribution < 1.29 is 19.6 Å². The molecule has 1 amide bonds. The molecule has 0 unspecified atom stereocenters. The van der Waals surface area contributed by atoms with Gasteiger partial charge >= 0.3 is 0 Å². The Labute approximate surface area is 178 Å². The molecule has 0 fully saturated rings. The van der Waals surface area contributed by atoms with Crippen molar-refractivity contribution in [1.29, 1.82) is 0 Å². The van der Waals surface area contributed by atoms with Crippen molar-refractivity contribution >= 4 is 11.6 Å². The van der Waals surface area contributed by atoms with Crippen molar-refractivity contribution in [2.24, 2.45) is 0 Å². The SMILES string of the molecule is COc1ccc(C)cc1NC(=O)[C@H]([NH2+]CCOc1ccc(C)cc1)c1ccccc1. The predicted molar refractivity (Wildman–Crippen MR) is 119 cm³/mol. The third kappa shape index (κ3) is 5.84. The number of carbonyl (C=O) groups is 1. The van der Waals surface area contributed by atoms with Crippen LogP contribution in [0.3, 0.4) is 0 Å². The van der Waals surface area contributed by atoms with Gasteiger partial charge in [-0.15, -0.1) is 0 Å². The molecule has 1 atom stereocenters. The molecule has 5 nitrogen and oxygen atoms in total. The highest BCUT2D eigenvalue weighted by Gasteiger charge is 2.25. The summed E-state index contributed by atoms with van der Waals surface area (Å²) in [5, 5.41) is 5.03. The number of hydrogen-bond donors (Lipinski definition) is 2. The Morgan fingerprint density at radius 1 is 0.967 bits per heavy atom. The van der Waals surface area contributed by atoms with Gasteiger partial charge in [-0.05, 0) is 43.7 Å². The summed E-state index contributed by atoms with van der Waals surface area (Å²) >= 11 is 0. The molecule has 3 rings (SSSR count). The Morgan fingerprint density at radius 3 is 2.37 bits per heavy atom. The van der Waals surface area contributed by atoms with E-state index in [0.717, 1.165) is 16.9 Å². The van der Waals surface area contributed by atoms with Gasteiger partial charge in [0, 0.05) is 5.56 Å².